The van der Waals surface area contributed by atoms with Crippen molar-refractivity contribution in [3.05, 3.63) is 87.4 Å². The van der Waals surface area contributed by atoms with Crippen LogP contribution in [0.5, 0.6) is 17.2 Å². The summed E-state index contributed by atoms with van der Waals surface area (Å²) in [5.41, 5.74) is 2.42. The molecule has 3 rings (SSSR count). The molecule has 6 heteroatoms. The minimum atomic E-state index is -1.04. The van der Waals surface area contributed by atoms with Crippen LogP contribution in [-0.4, -0.2) is 11.9 Å². The lowest BCUT2D eigenvalue weighted by Crippen LogP contribution is -2.29. The van der Waals surface area contributed by atoms with Crippen molar-refractivity contribution in [2.75, 3.05) is 0 Å². The van der Waals surface area contributed by atoms with Gasteiger partial charge in [0, 0.05) is 5.02 Å². The first-order chi connectivity index (χ1) is 14.8. The maximum Gasteiger partial charge on any atom is 0.194 e. The number of carbonyl (C=O) groups excluding carboxylic acids is 1. The van der Waals surface area contributed by atoms with Crippen LogP contribution in [0.25, 0.3) is 0 Å². The Labute approximate surface area is 191 Å². The largest absolute Gasteiger partial charge is 0.479 e. The van der Waals surface area contributed by atoms with Crippen molar-refractivity contribution in [1.82, 2.24) is 0 Å². The van der Waals surface area contributed by atoms with Crippen molar-refractivity contribution in [2.24, 2.45) is 0 Å². The molecule has 0 saturated carbocycles. The molecule has 2 atom stereocenters. The molecule has 31 heavy (non-hydrogen) atoms. The van der Waals surface area contributed by atoms with Crippen LogP contribution in [0.2, 0.25) is 10.0 Å². The molecule has 0 heterocycles. The van der Waals surface area contributed by atoms with Gasteiger partial charge >= 0.3 is 0 Å². The van der Waals surface area contributed by atoms with Crippen molar-refractivity contribution in [2.45, 2.75) is 32.8 Å². The van der Waals surface area contributed by atoms with Crippen LogP contribution in [0.1, 0.15) is 29.5 Å². The third-order valence-corrected chi connectivity index (χ3v) is 5.36. The normalized spacial score (nSPS) is 12.5. The van der Waals surface area contributed by atoms with Crippen molar-refractivity contribution in [3.8, 4) is 23.3 Å². The van der Waals surface area contributed by atoms with Gasteiger partial charge in [0.05, 0.1) is 11.1 Å². The predicted molar refractivity (Wildman–Crippen MR) is 122 cm³/mol. The lowest BCUT2D eigenvalue weighted by atomic mass is 9.92. The van der Waals surface area contributed by atoms with Gasteiger partial charge in [-0.2, -0.15) is 5.26 Å². The van der Waals surface area contributed by atoms with E-state index in [1.165, 1.54) is 0 Å². The number of ketones is 1. The Morgan fingerprint density at radius 2 is 1.52 bits per heavy atom. The van der Waals surface area contributed by atoms with Crippen molar-refractivity contribution >= 4 is 29.0 Å². The second-order valence-electron chi connectivity index (χ2n) is 7.23. The molecular weight excluding hydrogens is 433 g/mol. The molecule has 3 aromatic rings. The van der Waals surface area contributed by atoms with Crippen LogP contribution in [0.15, 0.2) is 60.7 Å². The van der Waals surface area contributed by atoms with E-state index in [4.69, 9.17) is 32.7 Å². The van der Waals surface area contributed by atoms with Crippen LogP contribution in [0.4, 0.5) is 0 Å². The summed E-state index contributed by atoms with van der Waals surface area (Å²) in [7, 11) is 0. The Bertz CT molecular complexity index is 1150. The number of rotatable bonds is 7. The average Bonchev–Trinajstić information content (AvgIpc) is 2.73. The van der Waals surface area contributed by atoms with Crippen molar-refractivity contribution in [1.29, 1.82) is 5.26 Å². The molecule has 4 nitrogen and oxygen atoms in total. The summed E-state index contributed by atoms with van der Waals surface area (Å²) in [6.07, 6.45) is -0.903. The number of para-hydroxylation sites is 2. The molecule has 0 aromatic heterocycles. The van der Waals surface area contributed by atoms with Crippen LogP contribution in [0, 0.1) is 25.2 Å². The molecule has 0 spiro atoms. The van der Waals surface area contributed by atoms with Gasteiger partial charge in [0.15, 0.2) is 23.4 Å². The molecule has 0 saturated heterocycles. The number of ether oxygens (including phenoxy) is 2. The third kappa shape index (κ3) is 5.38. The summed E-state index contributed by atoms with van der Waals surface area (Å²) in [5, 5.41) is 10.5. The van der Waals surface area contributed by atoms with Gasteiger partial charge in [-0.25, -0.2) is 0 Å². The van der Waals surface area contributed by atoms with E-state index in [9.17, 15) is 10.1 Å². The molecule has 0 aliphatic carbocycles. The minimum absolute atomic E-state index is 0.367. The number of nitriles is 1. The highest BCUT2D eigenvalue weighted by Crippen LogP contribution is 2.36. The van der Waals surface area contributed by atoms with Gasteiger partial charge in [-0.05, 0) is 67.8 Å². The van der Waals surface area contributed by atoms with Gasteiger partial charge in [0.1, 0.15) is 11.7 Å². The van der Waals surface area contributed by atoms with Gasteiger partial charge in [-0.1, -0.05) is 53.5 Å². The fraction of sp³-hybridized carbons (Fsp3) is 0.200. The number of hydrogen-bond donors (Lipinski definition) is 0. The van der Waals surface area contributed by atoms with E-state index < -0.39 is 17.8 Å². The smallest absolute Gasteiger partial charge is 0.194 e. The Morgan fingerprint density at radius 3 is 2.13 bits per heavy atom. The highest BCUT2D eigenvalue weighted by atomic mass is 35.5. The minimum Gasteiger partial charge on any atom is -0.479 e. The SMILES string of the molecule is Cc1ccc(Oc2ccccc2OC(C)C(=O)C(C#N)c2ccc(C)cc2Cl)c(Cl)c1. The number of benzene rings is 3. The fourth-order valence-corrected chi connectivity index (χ4v) is 3.69. The Hall–Kier alpha value is -3.00. The van der Waals surface area contributed by atoms with Crippen LogP contribution in [0.3, 0.4) is 0 Å². The first-order valence-corrected chi connectivity index (χ1v) is 10.4. The molecule has 158 valence electrons. The van der Waals surface area contributed by atoms with E-state index >= 15 is 0 Å². The average molecular weight is 454 g/mol. The van der Waals surface area contributed by atoms with Gasteiger partial charge in [0.25, 0.3) is 0 Å². The molecule has 0 fully saturated rings. The van der Waals surface area contributed by atoms with E-state index in [1.807, 2.05) is 32.0 Å². The van der Waals surface area contributed by atoms with Crippen LogP contribution < -0.4 is 9.47 Å². The molecule has 3 aromatic carbocycles. The number of halogens is 2. The fourth-order valence-electron chi connectivity index (χ4n) is 3.07. The van der Waals surface area contributed by atoms with Crippen molar-refractivity contribution in [3.63, 3.8) is 0 Å². The van der Waals surface area contributed by atoms with Crippen LogP contribution in [-0.2, 0) is 4.79 Å². The molecule has 2 unspecified atom stereocenters. The van der Waals surface area contributed by atoms with Crippen LogP contribution >= 0.6 is 23.2 Å². The zero-order valence-electron chi connectivity index (χ0n) is 17.4. The monoisotopic (exact) mass is 453 g/mol. The Kier molecular flexibility index (Phi) is 7.22. The quantitative estimate of drug-likeness (QED) is 0.384. The van der Waals surface area contributed by atoms with Gasteiger partial charge in [0.2, 0.25) is 0 Å². The van der Waals surface area contributed by atoms with E-state index in [2.05, 4.69) is 0 Å². The van der Waals surface area contributed by atoms with Gasteiger partial charge in [-0.3, -0.25) is 4.79 Å². The maximum atomic E-state index is 13.0. The third-order valence-electron chi connectivity index (χ3n) is 4.74. The number of Topliss-reactive ketones (excluding diaryl/α,β-unsaturated/α-hetero) is 1. The first-order valence-electron chi connectivity index (χ1n) is 9.69. The molecule has 0 bridgehead atoms. The summed E-state index contributed by atoms with van der Waals surface area (Å²) in [6, 6.07) is 19.7. The number of carbonyl (C=O) groups is 1. The zero-order valence-corrected chi connectivity index (χ0v) is 18.9. The molecular formula is C25H21Cl2NO3. The summed E-state index contributed by atoms with van der Waals surface area (Å²) in [5.74, 6) is -0.177. The van der Waals surface area contributed by atoms with E-state index in [0.717, 1.165) is 11.1 Å². The predicted octanol–water partition coefficient (Wildman–Crippen LogP) is 7.05. The second-order valence-corrected chi connectivity index (χ2v) is 8.05. The van der Waals surface area contributed by atoms with E-state index in [-0.39, 0.29) is 0 Å². The molecule has 0 aliphatic heterocycles. The number of nitrogens with zero attached hydrogens (tertiary/aromatic N) is 1. The topological polar surface area (TPSA) is 59.3 Å². The molecule has 0 N–H and O–H groups in total. The Morgan fingerprint density at radius 1 is 0.903 bits per heavy atom. The summed E-state index contributed by atoms with van der Waals surface area (Å²) in [6.45, 7) is 5.43. The summed E-state index contributed by atoms with van der Waals surface area (Å²) >= 11 is 12.6. The molecule has 0 radical (unpaired) electrons. The first kappa shape index (κ1) is 22.7. The van der Waals surface area contributed by atoms with Gasteiger partial charge in [-0.15, -0.1) is 0 Å². The maximum absolute atomic E-state index is 13.0. The highest BCUT2D eigenvalue weighted by Gasteiger charge is 2.29. The lowest BCUT2D eigenvalue weighted by molar-refractivity contribution is -0.125. The summed E-state index contributed by atoms with van der Waals surface area (Å²) < 4.78 is 11.8. The molecule has 0 aliphatic rings. The number of aryl methyl sites for hydroxylation is 2. The Balaban J connectivity index is 1.82. The van der Waals surface area contributed by atoms with E-state index in [0.29, 0.717) is 32.9 Å². The van der Waals surface area contributed by atoms with Crippen molar-refractivity contribution < 1.29 is 14.3 Å². The number of hydrogen-bond acceptors (Lipinski definition) is 4. The highest BCUT2D eigenvalue weighted by molar-refractivity contribution is 6.32. The van der Waals surface area contributed by atoms with Gasteiger partial charge < -0.3 is 9.47 Å². The zero-order chi connectivity index (χ0) is 22.5. The standard InChI is InChI=1S/C25H21Cl2NO3/c1-15-8-10-18(20(26)12-15)19(14-28)25(29)17(3)30-23-6-4-5-7-24(23)31-22-11-9-16(2)13-21(22)27/h4-13,17,19H,1-3H3. The summed E-state index contributed by atoms with van der Waals surface area (Å²) in [4.78, 5) is 13.0. The molecule has 0 amide bonds. The lowest BCUT2D eigenvalue weighted by Gasteiger charge is -2.19. The van der Waals surface area contributed by atoms with E-state index in [1.54, 1.807) is 55.5 Å². The second kappa shape index (κ2) is 9.87.